The van der Waals surface area contributed by atoms with Gasteiger partial charge in [0.1, 0.15) is 0 Å². The molecule has 2 aromatic heterocycles. The summed E-state index contributed by atoms with van der Waals surface area (Å²) in [5.41, 5.74) is 2.18. The molecule has 0 amide bonds. The van der Waals surface area contributed by atoms with Gasteiger partial charge in [0.15, 0.2) is 0 Å². The van der Waals surface area contributed by atoms with Crippen molar-refractivity contribution < 1.29 is 4.42 Å². The average molecular weight is 403 g/mol. The number of aryl methyl sites for hydroxylation is 1. The summed E-state index contributed by atoms with van der Waals surface area (Å²) in [6, 6.07) is 12.4. The number of benzene rings is 1. The Morgan fingerprint density at radius 2 is 1.81 bits per heavy atom. The quantitative estimate of drug-likeness (QED) is 0.622. The van der Waals surface area contributed by atoms with E-state index in [9.17, 15) is 0 Å². The fraction of sp³-hybridized carbons (Fsp3) is 0.400. The van der Waals surface area contributed by atoms with Crippen LogP contribution in [-0.2, 0) is 6.54 Å². The van der Waals surface area contributed by atoms with Gasteiger partial charge in [-0.2, -0.15) is 0 Å². The van der Waals surface area contributed by atoms with Gasteiger partial charge in [-0.3, -0.25) is 9.80 Å². The molecular weight excluding hydrogens is 380 g/mol. The van der Waals surface area contributed by atoms with Crippen molar-refractivity contribution in [2.75, 3.05) is 26.2 Å². The molecule has 0 saturated carbocycles. The van der Waals surface area contributed by atoms with Crippen LogP contribution in [0.1, 0.15) is 29.3 Å². The lowest BCUT2D eigenvalue weighted by molar-refractivity contribution is 0.0881. The molecule has 0 unspecified atom stereocenters. The summed E-state index contributed by atoms with van der Waals surface area (Å²) in [5, 5.41) is 8.53. The molecule has 1 fully saturated rings. The van der Waals surface area contributed by atoms with Crippen LogP contribution in [0, 0.1) is 6.92 Å². The summed E-state index contributed by atoms with van der Waals surface area (Å²) in [7, 11) is 0. The first kappa shape index (κ1) is 18.6. The minimum absolute atomic E-state index is 0.120. The van der Waals surface area contributed by atoms with Crippen LogP contribution in [0.15, 0.2) is 40.8 Å². The number of hydrogen-bond acceptors (Lipinski definition) is 6. The molecule has 1 atom stereocenters. The third-order valence-corrected chi connectivity index (χ3v) is 6.28. The fourth-order valence-corrected chi connectivity index (χ4v) is 4.47. The molecule has 0 N–H and O–H groups in total. The van der Waals surface area contributed by atoms with Crippen molar-refractivity contribution in [2.45, 2.75) is 26.4 Å². The molecule has 0 aliphatic carbocycles. The van der Waals surface area contributed by atoms with Gasteiger partial charge in [-0.05, 0) is 38.1 Å². The van der Waals surface area contributed by atoms with E-state index >= 15 is 0 Å². The molecule has 142 valence electrons. The highest BCUT2D eigenvalue weighted by Gasteiger charge is 2.26. The van der Waals surface area contributed by atoms with Crippen molar-refractivity contribution in [2.24, 2.45) is 0 Å². The third kappa shape index (κ3) is 4.41. The minimum atomic E-state index is 0.120. The maximum absolute atomic E-state index is 6.03. The Morgan fingerprint density at radius 1 is 1.07 bits per heavy atom. The van der Waals surface area contributed by atoms with Gasteiger partial charge in [-0.25, -0.2) is 0 Å². The second kappa shape index (κ2) is 8.10. The summed E-state index contributed by atoms with van der Waals surface area (Å²) in [6.07, 6.45) is 0. The van der Waals surface area contributed by atoms with Gasteiger partial charge in [0.05, 0.1) is 10.4 Å². The second-order valence-electron chi connectivity index (χ2n) is 7.01. The predicted molar refractivity (Wildman–Crippen MR) is 109 cm³/mol. The van der Waals surface area contributed by atoms with E-state index in [2.05, 4.69) is 52.0 Å². The number of thiophene rings is 1. The number of halogens is 1. The van der Waals surface area contributed by atoms with Gasteiger partial charge in [0, 0.05) is 43.2 Å². The van der Waals surface area contributed by atoms with Crippen LogP contribution in [-0.4, -0.2) is 46.2 Å². The first-order valence-corrected chi connectivity index (χ1v) is 10.4. The molecule has 1 aromatic carbocycles. The Labute approximate surface area is 168 Å². The normalized spacial score (nSPS) is 17.3. The summed E-state index contributed by atoms with van der Waals surface area (Å²) < 4.78 is 6.82. The Hall–Kier alpha value is -1.73. The number of nitrogens with zero attached hydrogens (tertiary/aromatic N) is 4. The van der Waals surface area contributed by atoms with Gasteiger partial charge >= 0.3 is 0 Å². The summed E-state index contributed by atoms with van der Waals surface area (Å²) in [4.78, 5) is 6.20. The van der Waals surface area contributed by atoms with Gasteiger partial charge in [-0.15, -0.1) is 21.5 Å². The Balaban J connectivity index is 1.35. The van der Waals surface area contributed by atoms with Crippen LogP contribution in [0.2, 0.25) is 4.34 Å². The molecule has 3 heterocycles. The van der Waals surface area contributed by atoms with E-state index in [0.717, 1.165) is 42.6 Å². The van der Waals surface area contributed by atoms with Gasteiger partial charge in [0.25, 0.3) is 0 Å². The van der Waals surface area contributed by atoms with E-state index < -0.39 is 0 Å². The van der Waals surface area contributed by atoms with Crippen LogP contribution in [0.4, 0.5) is 0 Å². The lowest BCUT2D eigenvalue weighted by Crippen LogP contribution is -2.46. The van der Waals surface area contributed by atoms with E-state index in [1.165, 1.54) is 10.4 Å². The fourth-order valence-electron chi connectivity index (χ4n) is 3.34. The molecular formula is C20H23ClN4OS. The number of piperazine rings is 1. The molecule has 0 radical (unpaired) electrons. The maximum atomic E-state index is 6.03. The topological polar surface area (TPSA) is 45.4 Å². The smallest absolute Gasteiger partial charge is 0.247 e. The van der Waals surface area contributed by atoms with Crippen LogP contribution in [0.25, 0.3) is 11.5 Å². The summed E-state index contributed by atoms with van der Waals surface area (Å²) in [5.74, 6) is 1.27. The lowest BCUT2D eigenvalue weighted by Gasteiger charge is -2.36. The molecule has 1 aliphatic heterocycles. The minimum Gasteiger partial charge on any atom is -0.419 e. The van der Waals surface area contributed by atoms with Crippen LogP contribution in [0.5, 0.6) is 0 Å². The van der Waals surface area contributed by atoms with Crippen molar-refractivity contribution in [3.8, 4) is 11.5 Å². The van der Waals surface area contributed by atoms with Gasteiger partial charge in [-0.1, -0.05) is 29.3 Å². The summed E-state index contributed by atoms with van der Waals surface area (Å²) >= 11 is 7.70. The van der Waals surface area contributed by atoms with Crippen LogP contribution in [0.3, 0.4) is 0 Å². The molecule has 5 nitrogen and oxygen atoms in total. The standard InChI is InChI=1S/C20H23ClN4OS/c1-14-3-5-16(6-4-14)20-23-22-19(26-20)15(2)25-11-9-24(10-12-25)13-17-7-8-18(21)27-17/h3-8,15H,9-13H2,1-2H3/t15-/m1/s1. The molecule has 1 aliphatic rings. The highest BCUT2D eigenvalue weighted by molar-refractivity contribution is 7.16. The van der Waals surface area contributed by atoms with Crippen molar-refractivity contribution in [3.05, 3.63) is 57.1 Å². The highest BCUT2D eigenvalue weighted by atomic mass is 35.5. The summed E-state index contributed by atoms with van der Waals surface area (Å²) in [6.45, 7) is 9.21. The first-order chi connectivity index (χ1) is 13.1. The Bertz CT molecular complexity index is 884. The highest BCUT2D eigenvalue weighted by Crippen LogP contribution is 2.26. The van der Waals surface area contributed by atoms with E-state index in [1.807, 2.05) is 18.2 Å². The number of aromatic nitrogens is 2. The third-order valence-electron chi connectivity index (χ3n) is 5.06. The van der Waals surface area contributed by atoms with Gasteiger partial charge < -0.3 is 4.42 Å². The van der Waals surface area contributed by atoms with Crippen molar-refractivity contribution >= 4 is 22.9 Å². The maximum Gasteiger partial charge on any atom is 0.247 e. The molecule has 7 heteroatoms. The number of rotatable bonds is 5. The first-order valence-electron chi connectivity index (χ1n) is 9.19. The lowest BCUT2D eigenvalue weighted by atomic mass is 10.1. The van der Waals surface area contributed by atoms with Gasteiger partial charge in [0.2, 0.25) is 11.8 Å². The van der Waals surface area contributed by atoms with Crippen molar-refractivity contribution in [3.63, 3.8) is 0 Å². The van der Waals surface area contributed by atoms with Crippen LogP contribution < -0.4 is 0 Å². The molecule has 27 heavy (non-hydrogen) atoms. The molecule has 3 aromatic rings. The predicted octanol–water partition coefficient (Wildman–Crippen LogP) is 4.64. The van der Waals surface area contributed by atoms with E-state index in [1.54, 1.807) is 11.3 Å². The second-order valence-corrected chi connectivity index (χ2v) is 8.81. The van der Waals surface area contributed by atoms with Crippen molar-refractivity contribution in [1.29, 1.82) is 0 Å². The average Bonchev–Trinajstić information content (AvgIpc) is 3.32. The zero-order valence-corrected chi connectivity index (χ0v) is 17.1. The monoisotopic (exact) mass is 402 g/mol. The van der Waals surface area contributed by atoms with Crippen LogP contribution >= 0.6 is 22.9 Å². The zero-order chi connectivity index (χ0) is 18.8. The molecule has 1 saturated heterocycles. The van der Waals surface area contributed by atoms with E-state index in [0.29, 0.717) is 11.8 Å². The van der Waals surface area contributed by atoms with E-state index in [4.69, 9.17) is 16.0 Å². The van der Waals surface area contributed by atoms with E-state index in [-0.39, 0.29) is 6.04 Å². The Morgan fingerprint density at radius 3 is 2.48 bits per heavy atom. The Kier molecular flexibility index (Phi) is 5.59. The number of hydrogen-bond donors (Lipinski definition) is 0. The zero-order valence-electron chi connectivity index (χ0n) is 15.6. The SMILES string of the molecule is Cc1ccc(-c2nnc([C@@H](C)N3CCN(Cc4ccc(Cl)s4)CC3)o2)cc1. The molecule has 4 rings (SSSR count). The van der Waals surface area contributed by atoms with Crippen molar-refractivity contribution in [1.82, 2.24) is 20.0 Å². The largest absolute Gasteiger partial charge is 0.419 e. The molecule has 0 bridgehead atoms. The molecule has 0 spiro atoms.